The maximum Gasteiger partial charge on any atom is 0.250 e. The van der Waals surface area contributed by atoms with Crippen LogP contribution in [0.25, 0.3) is 11.2 Å². The van der Waals surface area contributed by atoms with Crippen molar-refractivity contribution < 1.29 is 4.74 Å². The first kappa shape index (κ1) is 15.8. The molecule has 0 aliphatic rings. The van der Waals surface area contributed by atoms with Crippen molar-refractivity contribution in [2.45, 2.75) is 6.54 Å². The van der Waals surface area contributed by atoms with Gasteiger partial charge in [-0.3, -0.25) is 4.98 Å². The van der Waals surface area contributed by atoms with Crippen molar-refractivity contribution in [2.24, 2.45) is 0 Å². The van der Waals surface area contributed by atoms with Gasteiger partial charge in [0.05, 0.1) is 19.1 Å². The van der Waals surface area contributed by atoms with E-state index in [4.69, 9.17) is 27.9 Å². The predicted octanol–water partition coefficient (Wildman–Crippen LogP) is 4.37. The molecule has 0 fully saturated rings. The van der Waals surface area contributed by atoms with E-state index < -0.39 is 0 Å². The fourth-order valence-corrected chi connectivity index (χ4v) is 2.94. The zero-order valence-electron chi connectivity index (χ0n) is 12.8. The van der Waals surface area contributed by atoms with Crippen molar-refractivity contribution in [1.29, 1.82) is 0 Å². The smallest absolute Gasteiger partial charge is 0.250 e. The van der Waals surface area contributed by atoms with Crippen molar-refractivity contribution in [3.05, 3.63) is 71.0 Å². The molecule has 0 spiro atoms. The van der Waals surface area contributed by atoms with Crippen molar-refractivity contribution in [1.82, 2.24) is 24.5 Å². The van der Waals surface area contributed by atoms with Gasteiger partial charge in [0, 0.05) is 21.8 Å². The van der Waals surface area contributed by atoms with Gasteiger partial charge < -0.3 is 9.30 Å². The topological polar surface area (TPSA) is 65.7 Å². The van der Waals surface area contributed by atoms with Crippen LogP contribution in [-0.4, -0.2) is 24.5 Å². The zero-order valence-corrected chi connectivity index (χ0v) is 14.3. The molecule has 0 saturated carbocycles. The van der Waals surface area contributed by atoms with E-state index >= 15 is 0 Å². The summed E-state index contributed by atoms with van der Waals surface area (Å²) in [5.41, 5.74) is 1.98. The maximum atomic E-state index is 6.25. The average molecular weight is 372 g/mol. The second-order valence-electron chi connectivity index (χ2n) is 5.21. The molecule has 25 heavy (non-hydrogen) atoms. The quantitative estimate of drug-likeness (QED) is 0.532. The lowest BCUT2D eigenvalue weighted by molar-refractivity contribution is 0.465. The molecular weight excluding hydrogens is 361 g/mol. The molecule has 0 saturated heterocycles. The number of rotatable bonds is 4. The minimum absolute atomic E-state index is 0.363. The van der Waals surface area contributed by atoms with Gasteiger partial charge in [-0.15, -0.1) is 0 Å². The number of benzene rings is 1. The number of ether oxygens (including phenoxy) is 1. The number of fused-ring (bicyclic) bond motifs is 1. The van der Waals surface area contributed by atoms with E-state index in [1.165, 1.54) is 6.33 Å². The number of aromatic nitrogens is 5. The van der Waals surface area contributed by atoms with E-state index in [0.717, 1.165) is 5.56 Å². The second kappa shape index (κ2) is 6.66. The summed E-state index contributed by atoms with van der Waals surface area (Å²) in [6.07, 6.45) is 6.37. The first-order valence-electron chi connectivity index (χ1n) is 7.39. The summed E-state index contributed by atoms with van der Waals surface area (Å²) in [5.74, 6) is 0.938. The van der Waals surface area contributed by atoms with E-state index in [1.54, 1.807) is 43.0 Å². The van der Waals surface area contributed by atoms with Crippen LogP contribution in [0.5, 0.6) is 11.6 Å². The van der Waals surface area contributed by atoms with Gasteiger partial charge in [-0.25, -0.2) is 9.97 Å². The van der Waals surface area contributed by atoms with Gasteiger partial charge in [0.25, 0.3) is 5.88 Å². The van der Waals surface area contributed by atoms with Gasteiger partial charge in [0.2, 0.25) is 0 Å². The van der Waals surface area contributed by atoms with Crippen LogP contribution in [0.3, 0.4) is 0 Å². The Labute approximate surface area is 153 Å². The molecule has 0 radical (unpaired) electrons. The fraction of sp³-hybridized carbons (Fsp3) is 0.0588. The number of pyridine rings is 1. The van der Waals surface area contributed by atoms with Crippen LogP contribution in [0.2, 0.25) is 10.0 Å². The number of nitrogens with zero attached hydrogens (tertiary/aromatic N) is 5. The van der Waals surface area contributed by atoms with Crippen LogP contribution in [0.1, 0.15) is 5.56 Å². The van der Waals surface area contributed by atoms with E-state index in [-0.39, 0.29) is 0 Å². The lowest BCUT2D eigenvalue weighted by atomic mass is 10.2. The van der Waals surface area contributed by atoms with Gasteiger partial charge in [-0.2, -0.15) is 4.98 Å². The monoisotopic (exact) mass is 371 g/mol. The third-order valence-electron chi connectivity index (χ3n) is 3.61. The first-order chi connectivity index (χ1) is 12.2. The molecule has 8 heteroatoms. The Morgan fingerprint density at radius 1 is 1.00 bits per heavy atom. The van der Waals surface area contributed by atoms with Gasteiger partial charge in [0.15, 0.2) is 11.2 Å². The summed E-state index contributed by atoms with van der Waals surface area (Å²) in [4.78, 5) is 16.9. The fourth-order valence-electron chi connectivity index (χ4n) is 2.42. The highest BCUT2D eigenvalue weighted by atomic mass is 35.5. The highest BCUT2D eigenvalue weighted by Gasteiger charge is 2.14. The minimum Gasteiger partial charge on any atom is -0.435 e. The van der Waals surface area contributed by atoms with Gasteiger partial charge in [-0.1, -0.05) is 29.3 Å². The van der Waals surface area contributed by atoms with Crippen LogP contribution < -0.4 is 4.74 Å². The first-order valence-corrected chi connectivity index (χ1v) is 8.14. The Kier molecular flexibility index (Phi) is 4.21. The normalized spacial score (nSPS) is 11.0. The molecule has 4 aromatic rings. The molecule has 3 heterocycles. The molecule has 0 amide bonds. The molecule has 124 valence electrons. The summed E-state index contributed by atoms with van der Waals surface area (Å²) < 4.78 is 7.61. The van der Waals surface area contributed by atoms with Crippen LogP contribution in [0.15, 0.2) is 55.4 Å². The Hall–Kier alpha value is -2.70. The summed E-state index contributed by atoms with van der Waals surface area (Å²) in [6.45, 7) is 0.443. The predicted molar refractivity (Wildman–Crippen MR) is 95.2 cm³/mol. The van der Waals surface area contributed by atoms with Crippen molar-refractivity contribution >= 4 is 34.4 Å². The summed E-state index contributed by atoms with van der Waals surface area (Å²) in [7, 11) is 0. The lowest BCUT2D eigenvalue weighted by Gasteiger charge is -2.08. The standard InChI is InChI=1S/C17H11Cl2N5O/c18-13-4-1-5-14(19)12(13)8-24-10-23-15-16(24)21-9-22-17(15)25-11-3-2-6-20-7-11/h1-7,9-10H,8H2. The molecule has 0 bridgehead atoms. The largest absolute Gasteiger partial charge is 0.435 e. The average Bonchev–Trinajstić information content (AvgIpc) is 3.03. The van der Waals surface area contributed by atoms with Gasteiger partial charge in [0.1, 0.15) is 12.1 Å². The Bertz CT molecular complexity index is 1020. The summed E-state index contributed by atoms with van der Waals surface area (Å²) >= 11 is 12.5. The van der Waals surface area contributed by atoms with Crippen molar-refractivity contribution in [3.63, 3.8) is 0 Å². The highest BCUT2D eigenvalue weighted by molar-refractivity contribution is 6.36. The SMILES string of the molecule is Clc1cccc(Cl)c1Cn1cnc2c(Oc3cccnc3)ncnc21. The van der Waals surface area contributed by atoms with Gasteiger partial charge >= 0.3 is 0 Å². The van der Waals surface area contributed by atoms with E-state index in [9.17, 15) is 0 Å². The van der Waals surface area contributed by atoms with Crippen molar-refractivity contribution in [2.75, 3.05) is 0 Å². The third kappa shape index (κ3) is 3.14. The summed E-state index contributed by atoms with van der Waals surface area (Å²) in [6, 6.07) is 8.98. The number of halogens is 2. The number of hydrogen-bond donors (Lipinski definition) is 0. The second-order valence-corrected chi connectivity index (χ2v) is 6.03. The van der Waals surface area contributed by atoms with E-state index in [1.807, 2.05) is 10.6 Å². The zero-order chi connectivity index (χ0) is 17.2. The van der Waals surface area contributed by atoms with Crippen LogP contribution in [0, 0.1) is 0 Å². The van der Waals surface area contributed by atoms with Crippen molar-refractivity contribution in [3.8, 4) is 11.6 Å². The van der Waals surface area contributed by atoms with Crippen LogP contribution in [-0.2, 0) is 6.54 Å². The molecular formula is C17H11Cl2N5O. The maximum absolute atomic E-state index is 6.25. The van der Waals surface area contributed by atoms with E-state index in [2.05, 4.69) is 19.9 Å². The Balaban J connectivity index is 1.72. The molecule has 0 atom stereocenters. The third-order valence-corrected chi connectivity index (χ3v) is 4.31. The minimum atomic E-state index is 0.363. The van der Waals surface area contributed by atoms with Crippen LogP contribution >= 0.6 is 23.2 Å². The highest BCUT2D eigenvalue weighted by Crippen LogP contribution is 2.28. The number of hydrogen-bond acceptors (Lipinski definition) is 5. The summed E-state index contributed by atoms with van der Waals surface area (Å²) in [5, 5.41) is 1.19. The molecule has 0 N–H and O–H groups in total. The van der Waals surface area contributed by atoms with Crippen LogP contribution in [0.4, 0.5) is 0 Å². The lowest BCUT2D eigenvalue weighted by Crippen LogP contribution is -2.01. The molecule has 0 unspecified atom stereocenters. The molecule has 0 aliphatic heterocycles. The Morgan fingerprint density at radius 2 is 1.84 bits per heavy atom. The molecule has 6 nitrogen and oxygen atoms in total. The molecule has 0 aliphatic carbocycles. The molecule has 4 rings (SSSR count). The molecule has 1 aromatic carbocycles. The Morgan fingerprint density at radius 3 is 2.60 bits per heavy atom. The van der Waals surface area contributed by atoms with E-state index in [0.29, 0.717) is 39.4 Å². The molecule has 3 aromatic heterocycles. The van der Waals surface area contributed by atoms with Gasteiger partial charge in [-0.05, 0) is 24.3 Å². The number of imidazole rings is 1.